The van der Waals surface area contributed by atoms with E-state index in [1.165, 1.54) is 35.4 Å². The van der Waals surface area contributed by atoms with Gasteiger partial charge in [-0.1, -0.05) is 44.2 Å². The first-order chi connectivity index (χ1) is 14.0. The van der Waals surface area contributed by atoms with Crippen LogP contribution in [0.5, 0.6) is 0 Å². The third-order valence-electron chi connectivity index (χ3n) is 6.74. The number of ether oxygens (including phenoxy) is 1. The summed E-state index contributed by atoms with van der Waals surface area (Å²) < 4.78 is 6.12. The first kappa shape index (κ1) is 20.6. The summed E-state index contributed by atoms with van der Waals surface area (Å²) in [7, 11) is 1.80. The molecule has 1 saturated heterocycles. The second kappa shape index (κ2) is 8.58. The third kappa shape index (κ3) is 3.88. The van der Waals surface area contributed by atoms with E-state index < -0.39 is 0 Å². The van der Waals surface area contributed by atoms with Crippen molar-refractivity contribution in [3.8, 4) is 0 Å². The monoisotopic (exact) mass is 412 g/mol. The predicted octanol–water partition coefficient (Wildman–Crippen LogP) is 4.63. The number of methoxy groups -OCH3 is 1. The molecule has 1 N–H and O–H groups in total. The molecule has 156 valence electrons. The van der Waals surface area contributed by atoms with E-state index in [2.05, 4.69) is 48.3 Å². The Bertz CT molecular complexity index is 825. The lowest BCUT2D eigenvalue weighted by molar-refractivity contribution is -0.0115. The lowest BCUT2D eigenvalue weighted by atomic mass is 9.72. The van der Waals surface area contributed by atoms with E-state index in [0.29, 0.717) is 0 Å². The van der Waals surface area contributed by atoms with Crippen LogP contribution in [-0.4, -0.2) is 43.7 Å². The molecular weight excluding hydrogens is 380 g/mol. The number of thiophene rings is 1. The van der Waals surface area contributed by atoms with Crippen molar-refractivity contribution in [3.05, 3.63) is 57.8 Å². The summed E-state index contributed by atoms with van der Waals surface area (Å²) in [5.41, 5.74) is 2.57. The molecule has 1 fully saturated rings. The zero-order chi connectivity index (χ0) is 20.4. The molecule has 0 saturated carbocycles. The maximum Gasteiger partial charge on any atom is 0.261 e. The molecule has 0 radical (unpaired) electrons. The van der Waals surface area contributed by atoms with Crippen LogP contribution in [0.25, 0.3) is 0 Å². The van der Waals surface area contributed by atoms with Gasteiger partial charge in [-0.2, -0.15) is 0 Å². The SMILES string of the molecule is CO[C@H]1[C@H](NC(=O)c2cccs2)c2ccccc2C12CCN(CCC(C)C)CC2. The number of carbonyl (C=O) groups is 1. The maximum atomic E-state index is 12.8. The predicted molar refractivity (Wildman–Crippen MR) is 119 cm³/mol. The molecule has 1 aliphatic heterocycles. The van der Waals surface area contributed by atoms with Crippen molar-refractivity contribution in [1.82, 2.24) is 10.2 Å². The van der Waals surface area contributed by atoms with Gasteiger partial charge < -0.3 is 15.0 Å². The molecule has 0 bridgehead atoms. The number of hydrogen-bond donors (Lipinski definition) is 1. The van der Waals surface area contributed by atoms with Gasteiger partial charge in [-0.25, -0.2) is 0 Å². The number of likely N-dealkylation sites (tertiary alicyclic amines) is 1. The number of fused-ring (bicyclic) bond motifs is 2. The van der Waals surface area contributed by atoms with E-state index in [-0.39, 0.29) is 23.5 Å². The Morgan fingerprint density at radius 2 is 2.00 bits per heavy atom. The summed E-state index contributed by atoms with van der Waals surface area (Å²) in [6, 6.07) is 12.3. The van der Waals surface area contributed by atoms with Crippen LogP contribution in [0.4, 0.5) is 0 Å². The second-order valence-corrected chi connectivity index (χ2v) is 9.80. The van der Waals surface area contributed by atoms with Crippen LogP contribution in [0.1, 0.15) is 60.0 Å². The minimum atomic E-state index is -0.104. The normalized spacial score (nSPS) is 23.4. The fourth-order valence-electron chi connectivity index (χ4n) is 5.16. The number of piperidine rings is 1. The molecule has 2 atom stereocenters. The number of hydrogen-bond acceptors (Lipinski definition) is 4. The minimum Gasteiger partial charge on any atom is -0.378 e. The number of benzene rings is 1. The molecule has 1 aromatic heterocycles. The number of amides is 1. The fourth-order valence-corrected chi connectivity index (χ4v) is 5.79. The molecule has 1 spiro atoms. The van der Waals surface area contributed by atoms with Gasteiger partial charge in [0.2, 0.25) is 0 Å². The summed E-state index contributed by atoms with van der Waals surface area (Å²) in [5, 5.41) is 5.24. The Morgan fingerprint density at radius 3 is 2.66 bits per heavy atom. The van der Waals surface area contributed by atoms with Crippen LogP contribution in [-0.2, 0) is 10.2 Å². The lowest BCUT2D eigenvalue weighted by Crippen LogP contribution is -2.50. The molecule has 1 aromatic carbocycles. The van der Waals surface area contributed by atoms with Crippen LogP contribution in [0, 0.1) is 5.92 Å². The zero-order valence-corrected chi connectivity index (χ0v) is 18.5. The topological polar surface area (TPSA) is 41.6 Å². The smallest absolute Gasteiger partial charge is 0.261 e. The molecule has 1 amide bonds. The number of nitrogens with one attached hydrogen (secondary N) is 1. The highest BCUT2D eigenvalue weighted by Crippen LogP contribution is 2.52. The largest absolute Gasteiger partial charge is 0.378 e. The van der Waals surface area contributed by atoms with Crippen molar-refractivity contribution < 1.29 is 9.53 Å². The van der Waals surface area contributed by atoms with Crippen LogP contribution in [0.15, 0.2) is 41.8 Å². The van der Waals surface area contributed by atoms with Crippen molar-refractivity contribution in [2.45, 2.75) is 50.7 Å². The molecule has 2 aromatic rings. The summed E-state index contributed by atoms with van der Waals surface area (Å²) in [5.74, 6) is 0.731. The molecule has 4 nitrogen and oxygen atoms in total. The lowest BCUT2D eigenvalue weighted by Gasteiger charge is -2.44. The van der Waals surface area contributed by atoms with Gasteiger partial charge in [0.25, 0.3) is 5.91 Å². The first-order valence-corrected chi connectivity index (χ1v) is 11.6. The van der Waals surface area contributed by atoms with Crippen molar-refractivity contribution >= 4 is 17.2 Å². The van der Waals surface area contributed by atoms with E-state index in [1.54, 1.807) is 7.11 Å². The number of carbonyl (C=O) groups excluding carboxylic acids is 1. The molecule has 29 heavy (non-hydrogen) atoms. The van der Waals surface area contributed by atoms with E-state index in [4.69, 9.17) is 4.74 Å². The summed E-state index contributed by atoms with van der Waals surface area (Å²) >= 11 is 1.48. The Labute approximate surface area is 178 Å². The zero-order valence-electron chi connectivity index (χ0n) is 17.7. The summed E-state index contributed by atoms with van der Waals surface area (Å²) in [4.78, 5) is 16.2. The average Bonchev–Trinajstić information content (AvgIpc) is 3.34. The maximum absolute atomic E-state index is 12.8. The van der Waals surface area contributed by atoms with Gasteiger partial charge in [-0.3, -0.25) is 4.79 Å². The molecule has 4 rings (SSSR count). The Morgan fingerprint density at radius 1 is 1.24 bits per heavy atom. The van der Waals surface area contributed by atoms with Gasteiger partial charge in [0, 0.05) is 12.5 Å². The Hall–Kier alpha value is -1.69. The molecule has 2 aliphatic rings. The molecule has 2 heterocycles. The van der Waals surface area contributed by atoms with Gasteiger partial charge in [0.15, 0.2) is 0 Å². The highest BCUT2D eigenvalue weighted by atomic mass is 32.1. The highest BCUT2D eigenvalue weighted by molar-refractivity contribution is 7.12. The standard InChI is InChI=1S/C24H32N2O2S/c1-17(2)10-13-26-14-11-24(12-15-26)19-8-5-4-7-18(19)21(22(24)28-3)25-23(27)20-9-6-16-29-20/h4-9,16-17,21-22H,10-15H2,1-3H3,(H,25,27)/t21-,22+/m1/s1. The van der Waals surface area contributed by atoms with Crippen LogP contribution >= 0.6 is 11.3 Å². The van der Waals surface area contributed by atoms with Gasteiger partial charge in [-0.05, 0) is 67.4 Å². The minimum absolute atomic E-state index is 0.00623. The fraction of sp³-hybridized carbons (Fsp3) is 0.542. The van der Waals surface area contributed by atoms with Crippen LogP contribution < -0.4 is 5.32 Å². The Balaban J connectivity index is 1.58. The van der Waals surface area contributed by atoms with Crippen molar-refractivity contribution in [3.63, 3.8) is 0 Å². The molecule has 5 heteroatoms. The van der Waals surface area contributed by atoms with E-state index in [0.717, 1.165) is 36.7 Å². The van der Waals surface area contributed by atoms with E-state index in [9.17, 15) is 4.79 Å². The van der Waals surface area contributed by atoms with Gasteiger partial charge >= 0.3 is 0 Å². The Kier molecular flexibility index (Phi) is 6.09. The van der Waals surface area contributed by atoms with E-state index in [1.807, 2.05) is 17.5 Å². The first-order valence-electron chi connectivity index (χ1n) is 10.7. The average molecular weight is 413 g/mol. The van der Waals surface area contributed by atoms with Crippen LogP contribution in [0.2, 0.25) is 0 Å². The van der Waals surface area contributed by atoms with Gasteiger partial charge in [0.05, 0.1) is 17.0 Å². The molecular formula is C24H32N2O2S. The van der Waals surface area contributed by atoms with Gasteiger partial charge in [0.1, 0.15) is 0 Å². The van der Waals surface area contributed by atoms with E-state index >= 15 is 0 Å². The molecule has 1 aliphatic carbocycles. The number of nitrogens with zero attached hydrogens (tertiary/aromatic N) is 1. The van der Waals surface area contributed by atoms with Gasteiger partial charge in [-0.15, -0.1) is 11.3 Å². The third-order valence-corrected chi connectivity index (χ3v) is 7.60. The van der Waals surface area contributed by atoms with Crippen molar-refractivity contribution in [2.75, 3.05) is 26.7 Å². The molecule has 0 unspecified atom stereocenters. The summed E-state index contributed by atoms with van der Waals surface area (Å²) in [6.07, 6.45) is 3.37. The number of rotatable bonds is 6. The highest BCUT2D eigenvalue weighted by Gasteiger charge is 2.53. The van der Waals surface area contributed by atoms with Crippen molar-refractivity contribution in [1.29, 1.82) is 0 Å². The summed E-state index contributed by atoms with van der Waals surface area (Å²) in [6.45, 7) is 7.94. The second-order valence-electron chi connectivity index (χ2n) is 8.85. The quantitative estimate of drug-likeness (QED) is 0.752. The van der Waals surface area contributed by atoms with Crippen LogP contribution in [0.3, 0.4) is 0 Å². The van der Waals surface area contributed by atoms with Crippen molar-refractivity contribution in [2.24, 2.45) is 5.92 Å².